The fourth-order valence-electron chi connectivity index (χ4n) is 1.95. The minimum atomic E-state index is 0. The molecule has 0 aliphatic rings. The molecule has 0 saturated carbocycles. The van der Waals surface area contributed by atoms with Crippen LogP contribution in [-0.2, 0) is 0 Å². The summed E-state index contributed by atoms with van der Waals surface area (Å²) in [6.07, 6.45) is 0. The molecule has 0 N–H and O–H groups in total. The summed E-state index contributed by atoms with van der Waals surface area (Å²) in [4.78, 5) is 12.5. The van der Waals surface area contributed by atoms with E-state index in [1.807, 2.05) is 26.0 Å². The number of hydrogen-bond donors (Lipinski definition) is 0. The number of carbonyl (C=O) groups is 1. The average molecular weight is 314 g/mol. The fourth-order valence-corrected chi connectivity index (χ4v) is 3.49. The Morgan fingerprint density at radius 3 is 2.57 bits per heavy atom. The third kappa shape index (κ3) is 4.35. The number of aryl methyl sites for hydroxylation is 2. The summed E-state index contributed by atoms with van der Waals surface area (Å²) in [5.74, 6) is 0.528. The zero-order chi connectivity index (χ0) is 14.7. The first-order valence-corrected chi connectivity index (χ1v) is 7.62. The van der Waals surface area contributed by atoms with Crippen LogP contribution in [0.15, 0.2) is 36.4 Å². The van der Waals surface area contributed by atoms with E-state index >= 15 is 0 Å². The minimum absolute atomic E-state index is 0. The number of benzene rings is 2. The molecular weight excluding hydrogens is 298 g/mol. The van der Waals surface area contributed by atoms with Crippen LogP contribution in [0.3, 0.4) is 0 Å². The minimum Gasteiger partial charge on any atom is -0.496 e. The molecule has 2 aromatic rings. The first kappa shape index (κ1) is 18.3. The molecule has 1 unspecified atom stereocenters. The summed E-state index contributed by atoms with van der Waals surface area (Å²) >= 11 is 6.14. The molecule has 0 saturated heterocycles. The Labute approximate surface area is 144 Å². The molecule has 0 spiro atoms. The van der Waals surface area contributed by atoms with Gasteiger partial charge in [0.05, 0.1) is 17.7 Å². The van der Waals surface area contributed by atoms with Crippen LogP contribution in [0.25, 0.3) is 0 Å². The molecule has 0 bridgehead atoms. The summed E-state index contributed by atoms with van der Waals surface area (Å²) in [7, 11) is 1.59. The molecule has 0 heterocycles. The molecule has 5 heteroatoms. The Morgan fingerprint density at radius 2 is 1.90 bits per heavy atom. The fraction of sp³-hybridized carbons (Fsp3) is 0.188. The van der Waals surface area contributed by atoms with Gasteiger partial charge in [-0.2, -0.15) is 0 Å². The zero-order valence-electron chi connectivity index (χ0n) is 12.7. The van der Waals surface area contributed by atoms with Crippen molar-refractivity contribution >= 4 is 31.0 Å². The summed E-state index contributed by atoms with van der Waals surface area (Å²) in [6.45, 7) is 4.03. The Kier molecular flexibility index (Phi) is 6.98. The molecule has 0 aliphatic heterocycles. The van der Waals surface area contributed by atoms with Crippen molar-refractivity contribution in [1.82, 2.24) is 0 Å². The van der Waals surface area contributed by atoms with Crippen LogP contribution in [0.1, 0.15) is 21.5 Å². The average Bonchev–Trinajstić information content (AvgIpc) is 2.42. The van der Waals surface area contributed by atoms with Crippen molar-refractivity contribution in [3.63, 3.8) is 0 Å². The SMILES string of the molecule is COc1cccc(Cl)c1C(=O)Pc1cc(C)ccc1C.[Li+]. The van der Waals surface area contributed by atoms with Gasteiger partial charge in [-0.25, -0.2) is 0 Å². The smallest absolute Gasteiger partial charge is 0.496 e. The van der Waals surface area contributed by atoms with Gasteiger partial charge in [0.25, 0.3) is 0 Å². The Bertz CT molecular complexity index is 659. The van der Waals surface area contributed by atoms with E-state index in [4.69, 9.17) is 16.3 Å². The summed E-state index contributed by atoms with van der Waals surface area (Å²) in [5, 5.41) is 1.49. The third-order valence-electron chi connectivity index (χ3n) is 3.06. The third-order valence-corrected chi connectivity index (χ3v) is 4.66. The van der Waals surface area contributed by atoms with Crippen molar-refractivity contribution in [2.24, 2.45) is 0 Å². The number of methoxy groups -OCH3 is 1. The number of rotatable bonds is 4. The molecule has 0 fully saturated rings. The van der Waals surface area contributed by atoms with Crippen LogP contribution >= 0.6 is 20.2 Å². The molecule has 0 aliphatic carbocycles. The summed E-state index contributed by atoms with van der Waals surface area (Å²) < 4.78 is 5.24. The van der Waals surface area contributed by atoms with E-state index in [-0.39, 0.29) is 33.0 Å². The predicted molar refractivity (Wildman–Crippen MR) is 86.2 cm³/mol. The van der Waals surface area contributed by atoms with Crippen LogP contribution in [-0.4, -0.2) is 12.6 Å². The second-order valence-corrected chi connectivity index (χ2v) is 6.24. The Morgan fingerprint density at radius 1 is 1.19 bits per heavy atom. The number of hydrogen-bond acceptors (Lipinski definition) is 2. The molecule has 0 aromatic heterocycles. The molecule has 104 valence electrons. The van der Waals surface area contributed by atoms with Crippen molar-refractivity contribution in [2.45, 2.75) is 13.8 Å². The molecule has 21 heavy (non-hydrogen) atoms. The van der Waals surface area contributed by atoms with Crippen LogP contribution in [0.4, 0.5) is 0 Å². The molecule has 2 nitrogen and oxygen atoms in total. The Hall–Kier alpha value is -0.773. The van der Waals surface area contributed by atoms with Crippen molar-refractivity contribution in [3.8, 4) is 5.75 Å². The predicted octanol–water partition coefficient (Wildman–Crippen LogP) is 1.11. The topological polar surface area (TPSA) is 26.3 Å². The zero-order valence-corrected chi connectivity index (χ0v) is 14.4. The maximum Gasteiger partial charge on any atom is 1.00 e. The van der Waals surface area contributed by atoms with E-state index in [1.54, 1.807) is 25.3 Å². The summed E-state index contributed by atoms with van der Waals surface area (Å²) in [6, 6.07) is 11.4. The second-order valence-electron chi connectivity index (χ2n) is 4.59. The van der Waals surface area contributed by atoms with Crippen LogP contribution in [0.5, 0.6) is 5.75 Å². The van der Waals surface area contributed by atoms with Crippen LogP contribution < -0.4 is 28.9 Å². The standard InChI is InChI=1S/C16H16ClO2P.Li/c1-10-7-8-11(2)14(9-10)20-16(18)15-12(17)5-4-6-13(15)19-3;/h4-9,20H,1-3H3;/q;+1. The maximum absolute atomic E-state index is 12.5. The van der Waals surface area contributed by atoms with Gasteiger partial charge in [0.1, 0.15) is 5.75 Å². The molecule has 0 radical (unpaired) electrons. The number of carbonyl (C=O) groups excluding carboxylic acids is 1. The molecular formula is C16H16ClLiO2P+. The van der Waals surface area contributed by atoms with E-state index in [0.29, 0.717) is 16.3 Å². The second kappa shape index (κ2) is 8.02. The number of ether oxygens (including phenoxy) is 1. The van der Waals surface area contributed by atoms with Gasteiger partial charge in [0.15, 0.2) is 5.52 Å². The largest absolute Gasteiger partial charge is 1.00 e. The van der Waals surface area contributed by atoms with Crippen LogP contribution in [0.2, 0.25) is 5.02 Å². The van der Waals surface area contributed by atoms with Gasteiger partial charge in [-0.15, -0.1) is 0 Å². The van der Waals surface area contributed by atoms with E-state index in [2.05, 4.69) is 6.07 Å². The van der Waals surface area contributed by atoms with Gasteiger partial charge in [-0.1, -0.05) is 41.4 Å². The molecule has 2 aromatic carbocycles. The first-order chi connectivity index (χ1) is 9.52. The van der Waals surface area contributed by atoms with Gasteiger partial charge in [0.2, 0.25) is 0 Å². The van der Waals surface area contributed by atoms with E-state index in [1.165, 1.54) is 0 Å². The van der Waals surface area contributed by atoms with Crippen molar-refractivity contribution in [1.29, 1.82) is 0 Å². The quantitative estimate of drug-likeness (QED) is 0.624. The summed E-state index contributed by atoms with van der Waals surface area (Å²) in [5.41, 5.74) is 2.74. The van der Waals surface area contributed by atoms with Gasteiger partial charge in [-0.3, -0.25) is 4.79 Å². The van der Waals surface area contributed by atoms with Crippen molar-refractivity contribution in [2.75, 3.05) is 7.11 Å². The van der Waals surface area contributed by atoms with E-state index in [9.17, 15) is 4.79 Å². The van der Waals surface area contributed by atoms with Gasteiger partial charge in [0, 0.05) is 0 Å². The monoisotopic (exact) mass is 313 g/mol. The first-order valence-electron chi connectivity index (χ1n) is 6.24. The molecule has 2 rings (SSSR count). The van der Waals surface area contributed by atoms with E-state index < -0.39 is 0 Å². The van der Waals surface area contributed by atoms with Gasteiger partial charge < -0.3 is 4.74 Å². The molecule has 1 atom stereocenters. The normalized spacial score (nSPS) is 10.5. The van der Waals surface area contributed by atoms with Crippen molar-refractivity contribution < 1.29 is 28.4 Å². The maximum atomic E-state index is 12.5. The Balaban J connectivity index is 0.00000220. The van der Waals surface area contributed by atoms with Crippen LogP contribution in [0, 0.1) is 13.8 Å². The van der Waals surface area contributed by atoms with Gasteiger partial charge in [-0.05, 0) is 45.4 Å². The van der Waals surface area contributed by atoms with Gasteiger partial charge >= 0.3 is 18.9 Å². The van der Waals surface area contributed by atoms with Crippen molar-refractivity contribution in [3.05, 3.63) is 58.1 Å². The number of halogens is 1. The van der Waals surface area contributed by atoms with E-state index in [0.717, 1.165) is 16.4 Å². The molecule has 0 amide bonds.